The summed E-state index contributed by atoms with van der Waals surface area (Å²) < 4.78 is 16.8. The van der Waals surface area contributed by atoms with Crippen LogP contribution in [0.2, 0.25) is 0 Å². The number of hydrogen-bond donors (Lipinski definition) is 0. The first-order valence-corrected chi connectivity index (χ1v) is 29.3. The molecule has 6 heteroatoms. The standard InChI is InChI=1S/C60H112O6/c1-4-7-10-13-16-19-22-24-26-27-28-29-30-31-32-33-34-36-38-41-44-47-50-53-59(62)65-56-57(55-64-58(61)52-49-46-43-40-37-21-18-15-12-9-6-3)66-60(63)54-51-48-45-42-39-35-25-23-20-17-14-11-8-5-2/h15,18,23,25,57H,4-14,16-17,19-22,24,26-56H2,1-3H3/b18-15-,25-23-. The third kappa shape index (κ3) is 52.9. The second-order valence-electron chi connectivity index (χ2n) is 19.9. The number of unbranched alkanes of at least 4 members (excludes halogenated alkanes) is 39. The number of rotatable bonds is 54. The molecule has 1 atom stereocenters. The van der Waals surface area contributed by atoms with Crippen molar-refractivity contribution in [3.05, 3.63) is 24.3 Å². The van der Waals surface area contributed by atoms with Gasteiger partial charge in [0.1, 0.15) is 13.2 Å². The van der Waals surface area contributed by atoms with Crippen LogP contribution in [0, 0.1) is 0 Å². The third-order valence-electron chi connectivity index (χ3n) is 13.2. The molecule has 0 saturated carbocycles. The highest BCUT2D eigenvalue weighted by atomic mass is 16.6. The summed E-state index contributed by atoms with van der Waals surface area (Å²) in [6.07, 6.45) is 64.7. The molecular formula is C60H112O6. The minimum atomic E-state index is -0.774. The van der Waals surface area contributed by atoms with Gasteiger partial charge in [-0.25, -0.2) is 0 Å². The van der Waals surface area contributed by atoms with Gasteiger partial charge in [0, 0.05) is 19.3 Å². The van der Waals surface area contributed by atoms with Gasteiger partial charge in [0.05, 0.1) is 0 Å². The van der Waals surface area contributed by atoms with E-state index in [1.165, 1.54) is 212 Å². The zero-order chi connectivity index (χ0) is 47.9. The Hall–Kier alpha value is -2.11. The van der Waals surface area contributed by atoms with Gasteiger partial charge in [-0.1, -0.05) is 263 Å². The molecule has 0 spiro atoms. The Labute approximate surface area is 411 Å². The number of ether oxygens (including phenoxy) is 3. The number of hydrogen-bond acceptors (Lipinski definition) is 6. The van der Waals surface area contributed by atoms with Crippen LogP contribution < -0.4 is 0 Å². The van der Waals surface area contributed by atoms with Crippen LogP contribution in [-0.2, 0) is 28.6 Å². The van der Waals surface area contributed by atoms with E-state index in [1.807, 2.05) is 0 Å². The van der Waals surface area contributed by atoms with E-state index in [0.29, 0.717) is 19.3 Å². The molecule has 0 aliphatic rings. The summed E-state index contributed by atoms with van der Waals surface area (Å²) in [6, 6.07) is 0. The van der Waals surface area contributed by atoms with Gasteiger partial charge >= 0.3 is 17.9 Å². The highest BCUT2D eigenvalue weighted by molar-refractivity contribution is 5.71. The lowest BCUT2D eigenvalue weighted by Crippen LogP contribution is -2.30. The van der Waals surface area contributed by atoms with Crippen LogP contribution in [0.1, 0.15) is 323 Å². The minimum absolute atomic E-state index is 0.0731. The van der Waals surface area contributed by atoms with Gasteiger partial charge in [-0.2, -0.15) is 0 Å². The van der Waals surface area contributed by atoms with Gasteiger partial charge in [0.2, 0.25) is 0 Å². The molecule has 0 aliphatic carbocycles. The molecule has 0 saturated heterocycles. The summed E-state index contributed by atoms with van der Waals surface area (Å²) in [7, 11) is 0. The molecule has 0 N–H and O–H groups in total. The van der Waals surface area contributed by atoms with Crippen molar-refractivity contribution < 1.29 is 28.6 Å². The average molecular weight is 930 g/mol. The normalized spacial score (nSPS) is 12.1. The van der Waals surface area contributed by atoms with E-state index in [4.69, 9.17) is 14.2 Å². The summed E-state index contributed by atoms with van der Waals surface area (Å²) in [6.45, 7) is 6.62. The van der Waals surface area contributed by atoms with Gasteiger partial charge < -0.3 is 14.2 Å². The van der Waals surface area contributed by atoms with Crippen LogP contribution in [0.4, 0.5) is 0 Å². The Kier molecular flexibility index (Phi) is 53.7. The highest BCUT2D eigenvalue weighted by Crippen LogP contribution is 2.17. The van der Waals surface area contributed by atoms with Gasteiger partial charge in [-0.15, -0.1) is 0 Å². The number of esters is 3. The molecule has 0 heterocycles. The Balaban J connectivity index is 4.21. The SMILES string of the molecule is CCCC/C=C\CCCCCCCC(=O)OCC(COC(=O)CCCCCCCCCCCCCCCCCCCCCCCCC)OC(=O)CCCCCCC/C=C\CCCCCCC. The van der Waals surface area contributed by atoms with Gasteiger partial charge in [0.15, 0.2) is 6.10 Å². The van der Waals surface area contributed by atoms with E-state index in [9.17, 15) is 14.4 Å². The maximum Gasteiger partial charge on any atom is 0.306 e. The molecule has 0 aromatic carbocycles. The van der Waals surface area contributed by atoms with E-state index in [1.54, 1.807) is 0 Å². The first kappa shape index (κ1) is 63.9. The van der Waals surface area contributed by atoms with Gasteiger partial charge in [-0.05, 0) is 64.2 Å². The van der Waals surface area contributed by atoms with E-state index >= 15 is 0 Å². The summed E-state index contributed by atoms with van der Waals surface area (Å²) in [4.78, 5) is 38.1. The Morgan fingerprint density at radius 2 is 0.515 bits per heavy atom. The molecular weight excluding hydrogens is 817 g/mol. The van der Waals surface area contributed by atoms with E-state index < -0.39 is 6.10 Å². The summed E-state index contributed by atoms with van der Waals surface area (Å²) in [5.74, 6) is -0.874. The van der Waals surface area contributed by atoms with Crippen LogP contribution in [0.5, 0.6) is 0 Å². The zero-order valence-corrected chi connectivity index (χ0v) is 44.5. The van der Waals surface area contributed by atoms with Crippen molar-refractivity contribution >= 4 is 17.9 Å². The van der Waals surface area contributed by atoms with Crippen LogP contribution in [0.25, 0.3) is 0 Å². The fourth-order valence-electron chi connectivity index (χ4n) is 8.71. The maximum absolute atomic E-state index is 12.8. The van der Waals surface area contributed by atoms with Crippen molar-refractivity contribution in [1.82, 2.24) is 0 Å². The molecule has 0 radical (unpaired) electrons. The van der Waals surface area contributed by atoms with Crippen molar-refractivity contribution in [1.29, 1.82) is 0 Å². The first-order valence-electron chi connectivity index (χ1n) is 29.3. The maximum atomic E-state index is 12.8. The van der Waals surface area contributed by atoms with Crippen molar-refractivity contribution in [2.75, 3.05) is 13.2 Å². The molecule has 0 bridgehead atoms. The predicted octanol–water partition coefficient (Wildman–Crippen LogP) is 19.5. The van der Waals surface area contributed by atoms with Crippen LogP contribution >= 0.6 is 0 Å². The molecule has 388 valence electrons. The lowest BCUT2D eigenvalue weighted by atomic mass is 10.0. The van der Waals surface area contributed by atoms with Crippen LogP contribution in [-0.4, -0.2) is 37.2 Å². The van der Waals surface area contributed by atoms with Gasteiger partial charge in [0.25, 0.3) is 0 Å². The number of allylic oxidation sites excluding steroid dienone is 4. The third-order valence-corrected chi connectivity index (χ3v) is 13.2. The zero-order valence-electron chi connectivity index (χ0n) is 44.5. The van der Waals surface area contributed by atoms with E-state index in [-0.39, 0.29) is 31.1 Å². The fraction of sp³-hybridized carbons (Fsp3) is 0.883. The summed E-state index contributed by atoms with van der Waals surface area (Å²) >= 11 is 0. The first-order chi connectivity index (χ1) is 32.5. The molecule has 0 fully saturated rings. The van der Waals surface area contributed by atoms with Crippen molar-refractivity contribution in [2.45, 2.75) is 329 Å². The molecule has 0 aromatic rings. The Morgan fingerprint density at radius 3 is 0.803 bits per heavy atom. The van der Waals surface area contributed by atoms with Crippen molar-refractivity contribution in [2.24, 2.45) is 0 Å². The van der Waals surface area contributed by atoms with Gasteiger partial charge in [-0.3, -0.25) is 14.4 Å². The van der Waals surface area contributed by atoms with Crippen LogP contribution in [0.3, 0.4) is 0 Å². The minimum Gasteiger partial charge on any atom is -0.462 e. The Bertz CT molecular complexity index is 1070. The van der Waals surface area contributed by atoms with Crippen molar-refractivity contribution in [3.63, 3.8) is 0 Å². The van der Waals surface area contributed by atoms with E-state index in [2.05, 4.69) is 45.1 Å². The quantitative estimate of drug-likeness (QED) is 0.0262. The molecule has 66 heavy (non-hydrogen) atoms. The topological polar surface area (TPSA) is 78.9 Å². The second-order valence-corrected chi connectivity index (χ2v) is 19.9. The van der Waals surface area contributed by atoms with Crippen LogP contribution in [0.15, 0.2) is 24.3 Å². The average Bonchev–Trinajstić information content (AvgIpc) is 3.31. The number of carbonyl (C=O) groups is 3. The second kappa shape index (κ2) is 55.5. The smallest absolute Gasteiger partial charge is 0.306 e. The monoisotopic (exact) mass is 929 g/mol. The predicted molar refractivity (Wildman–Crippen MR) is 284 cm³/mol. The molecule has 0 aliphatic heterocycles. The Morgan fingerprint density at radius 1 is 0.288 bits per heavy atom. The molecule has 6 nitrogen and oxygen atoms in total. The fourth-order valence-corrected chi connectivity index (χ4v) is 8.71. The van der Waals surface area contributed by atoms with E-state index in [0.717, 1.165) is 70.6 Å². The lowest BCUT2D eigenvalue weighted by molar-refractivity contribution is -0.167. The molecule has 0 aromatic heterocycles. The molecule has 0 amide bonds. The largest absolute Gasteiger partial charge is 0.462 e. The van der Waals surface area contributed by atoms with Crippen molar-refractivity contribution in [3.8, 4) is 0 Å². The molecule has 0 rings (SSSR count). The highest BCUT2D eigenvalue weighted by Gasteiger charge is 2.19. The lowest BCUT2D eigenvalue weighted by Gasteiger charge is -2.18. The molecule has 1 unspecified atom stereocenters. The summed E-state index contributed by atoms with van der Waals surface area (Å²) in [5.41, 5.74) is 0. The number of carbonyl (C=O) groups excluding carboxylic acids is 3. The summed E-state index contributed by atoms with van der Waals surface area (Å²) in [5, 5.41) is 0.